The molecule has 1 aromatic rings. The second-order valence-corrected chi connectivity index (χ2v) is 7.13. The number of esters is 1. The topological polar surface area (TPSA) is 38.3 Å². The Morgan fingerprint density at radius 1 is 1.10 bits per heavy atom. The van der Waals surface area contributed by atoms with Crippen LogP contribution in [0, 0.1) is 0 Å². The molecule has 0 aliphatic carbocycles. The van der Waals surface area contributed by atoms with E-state index in [1.165, 1.54) is 5.56 Å². The zero-order valence-electron chi connectivity index (χ0n) is 14.0. The zero-order valence-corrected chi connectivity index (χ0v) is 14.0. The largest absolute Gasteiger partial charge is 0.460 e. The lowest BCUT2D eigenvalue weighted by Crippen LogP contribution is -2.41. The third-order valence-electron chi connectivity index (χ3n) is 3.23. The minimum absolute atomic E-state index is 0.0118. The highest BCUT2D eigenvalue weighted by molar-refractivity contribution is 5.70. The van der Waals surface area contributed by atoms with Crippen molar-refractivity contribution in [3.63, 3.8) is 0 Å². The molecule has 118 valence electrons. The molecule has 0 atom stereocenters. The van der Waals surface area contributed by atoms with Gasteiger partial charge in [-0.3, -0.25) is 4.79 Å². The summed E-state index contributed by atoms with van der Waals surface area (Å²) in [5, 5.41) is 3.45. The molecular formula is C18H29NO2. The van der Waals surface area contributed by atoms with Crippen molar-refractivity contribution in [1.82, 2.24) is 5.32 Å². The lowest BCUT2D eigenvalue weighted by atomic mass is 9.95. The second kappa shape index (κ2) is 7.60. The van der Waals surface area contributed by atoms with Crippen LogP contribution in [-0.4, -0.2) is 23.7 Å². The highest BCUT2D eigenvalue weighted by Crippen LogP contribution is 2.14. The normalized spacial score (nSPS) is 12.2. The monoisotopic (exact) mass is 291 g/mol. The molecule has 1 aromatic carbocycles. The van der Waals surface area contributed by atoms with Crippen LogP contribution < -0.4 is 5.32 Å². The summed E-state index contributed by atoms with van der Waals surface area (Å²) in [6.45, 7) is 10.7. The molecule has 0 aromatic heterocycles. The molecule has 0 spiro atoms. The van der Waals surface area contributed by atoms with Crippen LogP contribution in [0.15, 0.2) is 30.3 Å². The first-order valence-electron chi connectivity index (χ1n) is 7.69. The van der Waals surface area contributed by atoms with E-state index >= 15 is 0 Å². The number of carbonyl (C=O) groups is 1. The molecule has 21 heavy (non-hydrogen) atoms. The molecular weight excluding hydrogens is 262 g/mol. The fraction of sp³-hybridized carbons (Fsp3) is 0.611. The van der Waals surface area contributed by atoms with Crippen LogP contribution >= 0.6 is 0 Å². The van der Waals surface area contributed by atoms with Crippen LogP contribution in [0.4, 0.5) is 0 Å². The fourth-order valence-corrected chi connectivity index (χ4v) is 2.09. The predicted octanol–water partition coefficient (Wildman–Crippen LogP) is 3.72. The molecule has 1 rings (SSSR count). The summed E-state index contributed by atoms with van der Waals surface area (Å²) in [6.07, 6.45) is 2.48. The number of nitrogens with one attached hydrogen (secondary N) is 1. The first-order chi connectivity index (χ1) is 9.68. The van der Waals surface area contributed by atoms with Crippen molar-refractivity contribution in [3.05, 3.63) is 35.9 Å². The molecule has 0 unspecified atom stereocenters. The van der Waals surface area contributed by atoms with Gasteiger partial charge in [0.1, 0.15) is 5.60 Å². The molecule has 0 amide bonds. The average Bonchev–Trinajstić information content (AvgIpc) is 2.35. The molecule has 0 aliphatic heterocycles. The minimum Gasteiger partial charge on any atom is -0.460 e. The third kappa shape index (κ3) is 8.51. The zero-order chi connectivity index (χ0) is 15.9. The number of aryl methyl sites for hydroxylation is 1. The maximum absolute atomic E-state index is 11.7. The highest BCUT2D eigenvalue weighted by atomic mass is 16.6. The number of rotatable bonds is 7. The summed E-state index contributed by atoms with van der Waals surface area (Å²) < 4.78 is 5.30. The molecule has 0 aliphatic rings. The molecule has 3 nitrogen and oxygen atoms in total. The van der Waals surface area contributed by atoms with Crippen molar-refractivity contribution in [2.45, 2.75) is 65.0 Å². The number of hydrogen-bond acceptors (Lipinski definition) is 3. The van der Waals surface area contributed by atoms with Gasteiger partial charge >= 0.3 is 5.97 Å². The molecule has 0 saturated carbocycles. The summed E-state index contributed by atoms with van der Waals surface area (Å²) in [4.78, 5) is 11.7. The van der Waals surface area contributed by atoms with Gasteiger partial charge in [0.05, 0.1) is 6.42 Å². The Balaban J connectivity index is 2.28. The maximum atomic E-state index is 11.7. The summed E-state index contributed by atoms with van der Waals surface area (Å²) in [7, 11) is 0. The fourth-order valence-electron chi connectivity index (χ4n) is 2.09. The Labute approximate surface area is 129 Å². The van der Waals surface area contributed by atoms with Crippen LogP contribution in [0.2, 0.25) is 0 Å². The second-order valence-electron chi connectivity index (χ2n) is 7.13. The predicted molar refractivity (Wildman–Crippen MR) is 87.3 cm³/mol. The van der Waals surface area contributed by atoms with Gasteiger partial charge in [-0.25, -0.2) is 0 Å². The number of benzene rings is 1. The minimum atomic E-state index is -0.403. The van der Waals surface area contributed by atoms with Crippen molar-refractivity contribution < 1.29 is 9.53 Å². The summed E-state index contributed by atoms with van der Waals surface area (Å²) in [5.74, 6) is -0.145. The molecule has 0 saturated heterocycles. The van der Waals surface area contributed by atoms with Crippen molar-refractivity contribution in [2.24, 2.45) is 0 Å². The van der Waals surface area contributed by atoms with Gasteiger partial charge in [-0.1, -0.05) is 30.3 Å². The number of hydrogen-bond donors (Lipinski definition) is 1. The van der Waals surface area contributed by atoms with Crippen LogP contribution in [0.1, 0.15) is 53.0 Å². The van der Waals surface area contributed by atoms with Crippen molar-refractivity contribution >= 4 is 5.97 Å². The van der Waals surface area contributed by atoms with Gasteiger partial charge in [-0.05, 0) is 53.0 Å². The van der Waals surface area contributed by atoms with E-state index in [1.807, 2.05) is 26.8 Å². The first kappa shape index (κ1) is 17.7. The van der Waals surface area contributed by atoms with Gasteiger partial charge in [0.15, 0.2) is 0 Å². The van der Waals surface area contributed by atoms with Gasteiger partial charge in [-0.15, -0.1) is 0 Å². The van der Waals surface area contributed by atoms with E-state index in [9.17, 15) is 4.79 Å². The summed E-state index contributed by atoms with van der Waals surface area (Å²) in [6, 6.07) is 10.5. The molecule has 3 heteroatoms. The Morgan fingerprint density at radius 3 is 2.29 bits per heavy atom. The Hall–Kier alpha value is -1.35. The van der Waals surface area contributed by atoms with E-state index in [0.29, 0.717) is 13.0 Å². The van der Waals surface area contributed by atoms with Crippen LogP contribution in [0.5, 0.6) is 0 Å². The Kier molecular flexibility index (Phi) is 6.41. The molecule has 0 fully saturated rings. The van der Waals surface area contributed by atoms with Crippen molar-refractivity contribution in [3.8, 4) is 0 Å². The summed E-state index contributed by atoms with van der Waals surface area (Å²) >= 11 is 0. The standard InChI is InChI=1S/C18H29NO2/c1-17(2,3)21-16(20)12-14-19-18(4,5)13-11-15-9-7-6-8-10-15/h6-10,19H,11-14H2,1-5H3. The van der Waals surface area contributed by atoms with E-state index in [-0.39, 0.29) is 11.5 Å². The number of ether oxygens (including phenoxy) is 1. The smallest absolute Gasteiger partial charge is 0.307 e. The van der Waals surface area contributed by atoms with E-state index in [0.717, 1.165) is 12.8 Å². The average molecular weight is 291 g/mol. The number of carbonyl (C=O) groups excluding carboxylic acids is 1. The van der Waals surface area contributed by atoms with Crippen LogP contribution in [0.25, 0.3) is 0 Å². The van der Waals surface area contributed by atoms with Crippen molar-refractivity contribution in [1.29, 1.82) is 0 Å². The Bertz CT molecular complexity index is 432. The maximum Gasteiger partial charge on any atom is 0.307 e. The van der Waals surface area contributed by atoms with Crippen molar-refractivity contribution in [2.75, 3.05) is 6.54 Å². The van der Waals surface area contributed by atoms with E-state index in [4.69, 9.17) is 4.74 Å². The van der Waals surface area contributed by atoms with E-state index in [1.54, 1.807) is 0 Å². The lowest BCUT2D eigenvalue weighted by molar-refractivity contribution is -0.154. The van der Waals surface area contributed by atoms with Gasteiger partial charge < -0.3 is 10.1 Å². The van der Waals surface area contributed by atoms with Crippen LogP contribution in [0.3, 0.4) is 0 Å². The van der Waals surface area contributed by atoms with Gasteiger partial charge in [0.2, 0.25) is 0 Å². The van der Waals surface area contributed by atoms with Crippen LogP contribution in [-0.2, 0) is 16.0 Å². The van der Waals surface area contributed by atoms with E-state index < -0.39 is 5.60 Å². The lowest BCUT2D eigenvalue weighted by Gasteiger charge is -2.27. The molecule has 1 N–H and O–H groups in total. The highest BCUT2D eigenvalue weighted by Gasteiger charge is 2.19. The molecule has 0 heterocycles. The SMILES string of the molecule is CC(C)(CCc1ccccc1)NCCC(=O)OC(C)(C)C. The summed E-state index contributed by atoms with van der Waals surface area (Å²) in [5.41, 5.74) is 0.956. The third-order valence-corrected chi connectivity index (χ3v) is 3.23. The van der Waals surface area contributed by atoms with Gasteiger partial charge in [0.25, 0.3) is 0 Å². The van der Waals surface area contributed by atoms with E-state index in [2.05, 4.69) is 43.4 Å². The first-order valence-corrected chi connectivity index (χ1v) is 7.69. The quantitative estimate of drug-likeness (QED) is 0.778. The van der Waals surface area contributed by atoms with Gasteiger partial charge in [-0.2, -0.15) is 0 Å². The van der Waals surface area contributed by atoms with Gasteiger partial charge in [0, 0.05) is 12.1 Å². The molecule has 0 bridgehead atoms. The molecule has 0 radical (unpaired) electrons. The Morgan fingerprint density at radius 2 is 1.71 bits per heavy atom.